The van der Waals surface area contributed by atoms with Crippen molar-refractivity contribution in [2.24, 2.45) is 11.3 Å². The van der Waals surface area contributed by atoms with E-state index in [0.29, 0.717) is 11.1 Å². The monoisotopic (exact) mass is 522 g/mol. The third-order valence-corrected chi connectivity index (χ3v) is 8.11. The quantitative estimate of drug-likeness (QED) is 0.339. The summed E-state index contributed by atoms with van der Waals surface area (Å²) in [5.41, 5.74) is -4.66. The molecule has 3 aliphatic rings. The standard InChI is InChI=1S/C23H20F6O5S/c1-12-17-13-7-3-5-9-15(13)18(16-10-6-4-8-14(16)17)20(12,2)19(30)34-21(22(24,25)26,23(27,28)29)11-35(31,32)33/h3-10,12,17-18H,11H2,1-2H3,(H,31,32,33). The van der Waals surface area contributed by atoms with Gasteiger partial charge in [0.05, 0.1) is 5.41 Å². The first-order valence-corrected chi connectivity index (χ1v) is 12.1. The lowest BCUT2D eigenvalue weighted by Crippen LogP contribution is -2.65. The Morgan fingerprint density at radius 3 is 1.69 bits per heavy atom. The number of hydrogen-bond donors (Lipinski definition) is 1. The van der Waals surface area contributed by atoms with Gasteiger partial charge < -0.3 is 4.74 Å². The summed E-state index contributed by atoms with van der Waals surface area (Å²) in [5.74, 6) is -7.06. The Hall–Kier alpha value is -2.60. The molecule has 3 aliphatic carbocycles. The van der Waals surface area contributed by atoms with Gasteiger partial charge in [-0.3, -0.25) is 9.35 Å². The molecule has 0 spiro atoms. The maximum absolute atomic E-state index is 13.8. The zero-order valence-corrected chi connectivity index (χ0v) is 19.1. The van der Waals surface area contributed by atoms with E-state index < -0.39 is 63.0 Å². The summed E-state index contributed by atoms with van der Waals surface area (Å²) in [4.78, 5) is 13.4. The Balaban J connectivity index is 1.91. The summed E-state index contributed by atoms with van der Waals surface area (Å²) in [6.07, 6.45) is -12.8. The molecule has 0 saturated heterocycles. The van der Waals surface area contributed by atoms with E-state index in [2.05, 4.69) is 4.74 Å². The Kier molecular flexibility index (Phi) is 5.61. The molecule has 35 heavy (non-hydrogen) atoms. The van der Waals surface area contributed by atoms with E-state index >= 15 is 0 Å². The van der Waals surface area contributed by atoms with Crippen molar-refractivity contribution in [3.8, 4) is 0 Å². The van der Waals surface area contributed by atoms with Crippen molar-refractivity contribution >= 4 is 16.1 Å². The summed E-state index contributed by atoms with van der Waals surface area (Å²) in [6.45, 7) is 2.77. The smallest absolute Gasteiger partial charge is 0.438 e. The van der Waals surface area contributed by atoms with Gasteiger partial charge in [-0.05, 0) is 35.1 Å². The van der Waals surface area contributed by atoms with Crippen LogP contribution in [0.3, 0.4) is 0 Å². The van der Waals surface area contributed by atoms with Gasteiger partial charge in [-0.2, -0.15) is 34.8 Å². The van der Waals surface area contributed by atoms with Crippen LogP contribution in [-0.4, -0.2) is 42.6 Å². The van der Waals surface area contributed by atoms with E-state index in [-0.39, 0.29) is 0 Å². The maximum atomic E-state index is 13.8. The minimum absolute atomic E-state index is 0.530. The Morgan fingerprint density at radius 2 is 1.31 bits per heavy atom. The van der Waals surface area contributed by atoms with Crippen LogP contribution in [0.4, 0.5) is 26.3 Å². The molecule has 0 aromatic heterocycles. The van der Waals surface area contributed by atoms with Crippen molar-refractivity contribution in [2.45, 2.75) is 43.6 Å². The molecule has 2 unspecified atom stereocenters. The van der Waals surface area contributed by atoms with Crippen LogP contribution in [-0.2, 0) is 19.6 Å². The molecule has 190 valence electrons. The van der Waals surface area contributed by atoms with Crippen LogP contribution in [0.2, 0.25) is 0 Å². The van der Waals surface area contributed by atoms with E-state index in [0.717, 1.165) is 11.1 Å². The maximum Gasteiger partial charge on any atom is 0.438 e. The van der Waals surface area contributed by atoms with Gasteiger partial charge in [-0.25, -0.2) is 0 Å². The van der Waals surface area contributed by atoms with Gasteiger partial charge in [0, 0.05) is 11.8 Å². The normalized spacial score (nSPS) is 26.1. The van der Waals surface area contributed by atoms with Gasteiger partial charge in [-0.1, -0.05) is 55.5 Å². The highest BCUT2D eigenvalue weighted by Gasteiger charge is 2.77. The van der Waals surface area contributed by atoms with Crippen molar-refractivity contribution in [2.75, 3.05) is 5.75 Å². The molecule has 0 heterocycles. The molecule has 5 rings (SSSR count). The molecule has 0 aliphatic heterocycles. The lowest BCUT2D eigenvalue weighted by atomic mass is 9.48. The molecule has 2 aromatic carbocycles. The molecule has 5 nitrogen and oxygen atoms in total. The van der Waals surface area contributed by atoms with E-state index in [9.17, 15) is 39.6 Å². The molecular formula is C23H20F6O5S. The van der Waals surface area contributed by atoms with E-state index in [1.807, 2.05) is 0 Å². The van der Waals surface area contributed by atoms with Gasteiger partial charge >= 0.3 is 23.9 Å². The highest BCUT2D eigenvalue weighted by Crippen LogP contribution is 2.64. The Labute approximate surface area is 196 Å². The number of alkyl halides is 6. The highest BCUT2D eigenvalue weighted by atomic mass is 32.2. The predicted octanol–water partition coefficient (Wildman–Crippen LogP) is 5.21. The third-order valence-electron chi connectivity index (χ3n) is 7.34. The number of carbonyl (C=O) groups is 1. The first-order chi connectivity index (χ1) is 16.0. The van der Waals surface area contributed by atoms with E-state index in [1.54, 1.807) is 48.5 Å². The molecule has 12 heteroatoms. The topological polar surface area (TPSA) is 80.7 Å². The molecular weight excluding hydrogens is 502 g/mol. The fraction of sp³-hybridized carbons (Fsp3) is 0.435. The first kappa shape index (κ1) is 25.5. The number of ether oxygens (including phenoxy) is 1. The molecule has 2 aromatic rings. The third kappa shape index (κ3) is 3.64. The predicted molar refractivity (Wildman–Crippen MR) is 111 cm³/mol. The number of hydrogen-bond acceptors (Lipinski definition) is 4. The molecule has 1 N–H and O–H groups in total. The number of benzene rings is 2. The molecule has 2 bridgehead atoms. The molecule has 0 saturated carbocycles. The van der Waals surface area contributed by atoms with Crippen LogP contribution in [0, 0.1) is 11.3 Å². The van der Waals surface area contributed by atoms with E-state index in [4.69, 9.17) is 4.55 Å². The second-order valence-electron chi connectivity index (χ2n) is 9.18. The van der Waals surface area contributed by atoms with Crippen LogP contribution in [0.15, 0.2) is 48.5 Å². The van der Waals surface area contributed by atoms with Crippen LogP contribution in [0.25, 0.3) is 0 Å². The second-order valence-corrected chi connectivity index (χ2v) is 10.6. The van der Waals surface area contributed by atoms with Gasteiger partial charge in [0.15, 0.2) is 0 Å². The van der Waals surface area contributed by atoms with Gasteiger partial charge in [0.1, 0.15) is 5.75 Å². The SMILES string of the molecule is CC1C2c3ccccc3C(c3ccccc32)C1(C)C(=O)OC(CS(=O)(=O)O)(C(F)(F)F)C(F)(F)F. The average molecular weight is 522 g/mol. The number of fused-ring (bicyclic) bond motifs is 1. The Bertz CT molecular complexity index is 1220. The van der Waals surface area contributed by atoms with Crippen molar-refractivity contribution in [3.05, 3.63) is 70.8 Å². The number of halogens is 6. The molecule has 2 atom stereocenters. The highest BCUT2D eigenvalue weighted by molar-refractivity contribution is 7.85. The summed E-state index contributed by atoms with van der Waals surface area (Å²) >= 11 is 0. The summed E-state index contributed by atoms with van der Waals surface area (Å²) in [6, 6.07) is 13.7. The Morgan fingerprint density at radius 1 is 0.914 bits per heavy atom. The zero-order valence-electron chi connectivity index (χ0n) is 18.3. The van der Waals surface area contributed by atoms with Gasteiger partial charge in [-0.15, -0.1) is 0 Å². The minimum atomic E-state index is -6.39. The van der Waals surface area contributed by atoms with Crippen molar-refractivity contribution < 1.29 is 48.8 Å². The van der Waals surface area contributed by atoms with Gasteiger partial charge in [0.25, 0.3) is 10.1 Å². The molecule has 0 fully saturated rings. The number of rotatable bonds is 4. The zero-order chi connectivity index (χ0) is 26.2. The summed E-state index contributed by atoms with van der Waals surface area (Å²) < 4.78 is 119. The van der Waals surface area contributed by atoms with Crippen LogP contribution in [0.1, 0.15) is 47.9 Å². The van der Waals surface area contributed by atoms with E-state index in [1.165, 1.54) is 13.8 Å². The average Bonchev–Trinajstić information content (AvgIpc) is 2.72. The summed E-state index contributed by atoms with van der Waals surface area (Å²) in [5, 5.41) is 0. The van der Waals surface area contributed by atoms with Gasteiger partial charge in [0.2, 0.25) is 0 Å². The number of carbonyl (C=O) groups excluding carboxylic acids is 1. The first-order valence-electron chi connectivity index (χ1n) is 10.5. The van der Waals surface area contributed by atoms with Crippen LogP contribution >= 0.6 is 0 Å². The molecule has 0 amide bonds. The summed E-state index contributed by atoms with van der Waals surface area (Å²) in [7, 11) is -5.88. The minimum Gasteiger partial charge on any atom is -0.438 e. The molecule has 0 radical (unpaired) electrons. The second kappa shape index (κ2) is 7.70. The van der Waals surface area contributed by atoms with Crippen molar-refractivity contribution in [1.82, 2.24) is 0 Å². The largest absolute Gasteiger partial charge is 0.438 e. The lowest BCUT2D eigenvalue weighted by Gasteiger charge is -2.55. The fourth-order valence-electron chi connectivity index (χ4n) is 5.54. The lowest BCUT2D eigenvalue weighted by molar-refractivity contribution is -0.363. The fourth-order valence-corrected chi connectivity index (χ4v) is 6.44. The van der Waals surface area contributed by atoms with Crippen LogP contribution in [0.5, 0.6) is 0 Å². The number of esters is 1. The van der Waals surface area contributed by atoms with Crippen LogP contribution < -0.4 is 0 Å². The van der Waals surface area contributed by atoms with Crippen molar-refractivity contribution in [3.63, 3.8) is 0 Å². The van der Waals surface area contributed by atoms with Crippen molar-refractivity contribution in [1.29, 1.82) is 0 Å².